The summed E-state index contributed by atoms with van der Waals surface area (Å²) in [4.78, 5) is 27.2. The molecule has 5 nitrogen and oxygen atoms in total. The molecule has 2 amide bonds. The number of hydrogen-bond donors (Lipinski definition) is 1. The Morgan fingerprint density at radius 3 is 2.30 bits per heavy atom. The predicted molar refractivity (Wildman–Crippen MR) is 120 cm³/mol. The Bertz CT molecular complexity index is 878. The van der Waals surface area contributed by atoms with Crippen molar-refractivity contribution in [2.45, 2.75) is 58.5 Å². The van der Waals surface area contributed by atoms with Crippen LogP contribution in [0.5, 0.6) is 5.75 Å². The fourth-order valence-electron chi connectivity index (χ4n) is 3.54. The molecule has 0 spiro atoms. The molecule has 1 fully saturated rings. The second-order valence-electron chi connectivity index (χ2n) is 8.96. The van der Waals surface area contributed by atoms with Gasteiger partial charge >= 0.3 is 0 Å². The SMILES string of the molecule is CC(Oc1ccc(C(C)(C)C)cc1)C(=O)Nc1cccc(C(=O)N2CCCCC2)c1. The summed E-state index contributed by atoms with van der Waals surface area (Å²) in [6, 6.07) is 14.9. The summed E-state index contributed by atoms with van der Waals surface area (Å²) < 4.78 is 5.80. The Hall–Kier alpha value is -2.82. The summed E-state index contributed by atoms with van der Waals surface area (Å²) in [5.41, 5.74) is 2.47. The van der Waals surface area contributed by atoms with Gasteiger partial charge in [0.25, 0.3) is 11.8 Å². The smallest absolute Gasteiger partial charge is 0.265 e. The number of amides is 2. The van der Waals surface area contributed by atoms with Gasteiger partial charge in [-0.15, -0.1) is 0 Å². The molecule has 1 aliphatic rings. The highest BCUT2D eigenvalue weighted by Crippen LogP contribution is 2.25. The zero-order valence-corrected chi connectivity index (χ0v) is 18.4. The highest BCUT2D eigenvalue weighted by molar-refractivity contribution is 5.98. The van der Waals surface area contributed by atoms with Crippen LogP contribution in [0.15, 0.2) is 48.5 Å². The Balaban J connectivity index is 1.60. The third kappa shape index (κ3) is 5.62. The zero-order valence-electron chi connectivity index (χ0n) is 18.4. The van der Waals surface area contributed by atoms with Crippen LogP contribution in [0.4, 0.5) is 5.69 Å². The molecule has 0 aromatic heterocycles. The predicted octanol–water partition coefficient (Wildman–Crippen LogP) is 5.02. The molecular formula is C25H32N2O3. The van der Waals surface area contributed by atoms with E-state index in [2.05, 4.69) is 26.1 Å². The minimum Gasteiger partial charge on any atom is -0.481 e. The maximum Gasteiger partial charge on any atom is 0.265 e. The van der Waals surface area contributed by atoms with E-state index >= 15 is 0 Å². The van der Waals surface area contributed by atoms with Crippen molar-refractivity contribution in [3.63, 3.8) is 0 Å². The molecule has 160 valence electrons. The van der Waals surface area contributed by atoms with Gasteiger partial charge in [-0.05, 0) is 67.5 Å². The maximum atomic E-state index is 12.7. The average molecular weight is 409 g/mol. The van der Waals surface area contributed by atoms with Gasteiger partial charge in [0.2, 0.25) is 0 Å². The topological polar surface area (TPSA) is 58.6 Å². The first kappa shape index (κ1) is 21.9. The summed E-state index contributed by atoms with van der Waals surface area (Å²) in [5, 5.41) is 2.86. The van der Waals surface area contributed by atoms with Gasteiger partial charge < -0.3 is 15.0 Å². The second kappa shape index (κ2) is 9.33. The molecule has 1 N–H and O–H groups in total. The van der Waals surface area contributed by atoms with Crippen LogP contribution in [0.2, 0.25) is 0 Å². The van der Waals surface area contributed by atoms with E-state index in [0.29, 0.717) is 17.0 Å². The molecule has 0 bridgehead atoms. The van der Waals surface area contributed by atoms with Crippen molar-refractivity contribution in [3.05, 3.63) is 59.7 Å². The van der Waals surface area contributed by atoms with Crippen molar-refractivity contribution >= 4 is 17.5 Å². The number of likely N-dealkylation sites (tertiary alicyclic amines) is 1. The minimum absolute atomic E-state index is 0.0223. The van der Waals surface area contributed by atoms with Gasteiger partial charge in [-0.3, -0.25) is 9.59 Å². The maximum absolute atomic E-state index is 12.7. The number of rotatable bonds is 5. The molecule has 0 aliphatic carbocycles. The van der Waals surface area contributed by atoms with Crippen LogP contribution < -0.4 is 10.1 Å². The fraction of sp³-hybridized carbons (Fsp3) is 0.440. The summed E-state index contributed by atoms with van der Waals surface area (Å²) in [7, 11) is 0. The molecule has 2 aromatic rings. The van der Waals surface area contributed by atoms with E-state index in [1.807, 2.05) is 29.2 Å². The number of carbonyl (C=O) groups excluding carboxylic acids is 2. The molecule has 2 aromatic carbocycles. The number of carbonyl (C=O) groups is 2. The highest BCUT2D eigenvalue weighted by atomic mass is 16.5. The van der Waals surface area contributed by atoms with Crippen molar-refractivity contribution < 1.29 is 14.3 Å². The van der Waals surface area contributed by atoms with E-state index in [1.54, 1.807) is 31.2 Å². The monoisotopic (exact) mass is 408 g/mol. The standard InChI is InChI=1S/C25H32N2O3/c1-18(30-22-13-11-20(12-14-22)25(2,3)4)23(28)26-21-10-8-9-19(17-21)24(29)27-15-6-5-7-16-27/h8-14,17-18H,5-7,15-16H2,1-4H3,(H,26,28). The number of benzene rings is 2. The lowest BCUT2D eigenvalue weighted by Gasteiger charge is -2.26. The van der Waals surface area contributed by atoms with Crippen molar-refractivity contribution in [2.75, 3.05) is 18.4 Å². The summed E-state index contributed by atoms with van der Waals surface area (Å²) in [6.07, 6.45) is 2.62. The van der Waals surface area contributed by atoms with Gasteiger partial charge in [-0.25, -0.2) is 0 Å². The van der Waals surface area contributed by atoms with Crippen molar-refractivity contribution in [3.8, 4) is 5.75 Å². The third-order valence-corrected chi connectivity index (χ3v) is 5.42. The minimum atomic E-state index is -0.660. The normalized spacial score (nSPS) is 15.4. The molecule has 5 heteroatoms. The number of ether oxygens (including phenoxy) is 1. The first-order valence-electron chi connectivity index (χ1n) is 10.7. The lowest BCUT2D eigenvalue weighted by Crippen LogP contribution is -2.35. The van der Waals surface area contributed by atoms with E-state index in [9.17, 15) is 9.59 Å². The Kier molecular flexibility index (Phi) is 6.80. The first-order chi connectivity index (χ1) is 14.2. The van der Waals surface area contributed by atoms with Crippen LogP contribution in [-0.2, 0) is 10.2 Å². The molecular weight excluding hydrogens is 376 g/mol. The van der Waals surface area contributed by atoms with Gasteiger partial charge in [-0.2, -0.15) is 0 Å². The first-order valence-corrected chi connectivity index (χ1v) is 10.7. The Labute approximate surface area is 179 Å². The quantitative estimate of drug-likeness (QED) is 0.756. The van der Waals surface area contributed by atoms with Crippen molar-refractivity contribution in [1.82, 2.24) is 4.90 Å². The molecule has 1 aliphatic heterocycles. The van der Waals surface area contributed by atoms with E-state index in [-0.39, 0.29) is 17.2 Å². The lowest BCUT2D eigenvalue weighted by atomic mass is 9.87. The van der Waals surface area contributed by atoms with E-state index in [1.165, 1.54) is 12.0 Å². The molecule has 1 heterocycles. The van der Waals surface area contributed by atoms with Crippen molar-refractivity contribution in [2.24, 2.45) is 0 Å². The van der Waals surface area contributed by atoms with Crippen LogP contribution in [0.3, 0.4) is 0 Å². The van der Waals surface area contributed by atoms with E-state index in [4.69, 9.17) is 4.74 Å². The lowest BCUT2D eigenvalue weighted by molar-refractivity contribution is -0.122. The van der Waals surface area contributed by atoms with E-state index in [0.717, 1.165) is 25.9 Å². The van der Waals surface area contributed by atoms with E-state index < -0.39 is 6.10 Å². The Morgan fingerprint density at radius 1 is 1.00 bits per heavy atom. The number of hydrogen-bond acceptors (Lipinski definition) is 3. The number of anilines is 1. The molecule has 3 rings (SSSR count). The average Bonchev–Trinajstić information content (AvgIpc) is 2.73. The van der Waals surface area contributed by atoms with Crippen LogP contribution >= 0.6 is 0 Å². The molecule has 30 heavy (non-hydrogen) atoms. The largest absolute Gasteiger partial charge is 0.481 e. The molecule has 0 saturated carbocycles. The van der Waals surface area contributed by atoms with Gasteiger partial charge in [0.1, 0.15) is 5.75 Å². The van der Waals surface area contributed by atoms with Crippen LogP contribution in [0.1, 0.15) is 62.9 Å². The van der Waals surface area contributed by atoms with Crippen LogP contribution in [-0.4, -0.2) is 35.9 Å². The number of piperidine rings is 1. The zero-order chi connectivity index (χ0) is 21.7. The summed E-state index contributed by atoms with van der Waals surface area (Å²) >= 11 is 0. The molecule has 1 unspecified atom stereocenters. The Morgan fingerprint density at radius 2 is 1.67 bits per heavy atom. The van der Waals surface area contributed by atoms with Gasteiger partial charge in [-0.1, -0.05) is 39.0 Å². The number of nitrogens with zero attached hydrogens (tertiary/aromatic N) is 1. The third-order valence-electron chi connectivity index (χ3n) is 5.42. The summed E-state index contributed by atoms with van der Waals surface area (Å²) in [6.45, 7) is 9.79. The van der Waals surface area contributed by atoms with Gasteiger partial charge in [0, 0.05) is 24.3 Å². The van der Waals surface area contributed by atoms with Crippen LogP contribution in [0.25, 0.3) is 0 Å². The second-order valence-corrected chi connectivity index (χ2v) is 8.96. The number of nitrogens with one attached hydrogen (secondary N) is 1. The van der Waals surface area contributed by atoms with Crippen molar-refractivity contribution in [1.29, 1.82) is 0 Å². The van der Waals surface area contributed by atoms with Crippen LogP contribution in [0, 0.1) is 0 Å². The molecule has 0 radical (unpaired) electrons. The van der Waals surface area contributed by atoms with Gasteiger partial charge in [0.15, 0.2) is 6.10 Å². The fourth-order valence-corrected chi connectivity index (χ4v) is 3.54. The van der Waals surface area contributed by atoms with Gasteiger partial charge in [0.05, 0.1) is 0 Å². The highest BCUT2D eigenvalue weighted by Gasteiger charge is 2.20. The summed E-state index contributed by atoms with van der Waals surface area (Å²) in [5.74, 6) is 0.422. The molecule has 1 atom stereocenters. The molecule has 1 saturated heterocycles.